The summed E-state index contributed by atoms with van der Waals surface area (Å²) in [5, 5.41) is 16.9. The van der Waals surface area contributed by atoms with Crippen molar-refractivity contribution in [2.45, 2.75) is 25.0 Å². The number of nitrogens with zero attached hydrogens (tertiary/aromatic N) is 2. The first-order chi connectivity index (χ1) is 11.7. The zero-order valence-corrected chi connectivity index (χ0v) is 13.4. The second kappa shape index (κ2) is 6.53. The fourth-order valence-corrected chi connectivity index (χ4v) is 4.09. The van der Waals surface area contributed by atoms with Gasteiger partial charge in [-0.2, -0.15) is 5.10 Å². The molecule has 0 bridgehead atoms. The van der Waals surface area contributed by atoms with Gasteiger partial charge in [-0.1, -0.05) is 0 Å². The van der Waals surface area contributed by atoms with Gasteiger partial charge in [-0.3, -0.25) is 10.00 Å². The van der Waals surface area contributed by atoms with Crippen molar-refractivity contribution in [2.24, 2.45) is 11.8 Å². The summed E-state index contributed by atoms with van der Waals surface area (Å²) in [6.07, 6.45) is 5.20. The monoisotopic (exact) mass is 331 g/mol. The normalized spacial score (nSPS) is 28.0. The number of aromatic nitrogens is 2. The Kier molecular flexibility index (Phi) is 4.24. The first-order valence-electron chi connectivity index (χ1n) is 8.48. The highest BCUT2D eigenvalue weighted by atomic mass is 19.1. The zero-order chi connectivity index (χ0) is 16.5. The third kappa shape index (κ3) is 3.30. The van der Waals surface area contributed by atoms with Crippen LogP contribution in [0.5, 0.6) is 5.75 Å². The molecule has 4 atom stereocenters. The number of β-amino-alcohol motifs (C(OH)–C–C–N with tert-alkyl or cyclic N) is 1. The first kappa shape index (κ1) is 15.6. The molecule has 0 amide bonds. The van der Waals surface area contributed by atoms with Crippen molar-refractivity contribution in [3.05, 3.63) is 48.0 Å². The summed E-state index contributed by atoms with van der Waals surface area (Å²) in [4.78, 5) is 2.33. The van der Waals surface area contributed by atoms with Crippen LogP contribution in [0.25, 0.3) is 0 Å². The number of rotatable bonds is 5. The number of halogens is 1. The van der Waals surface area contributed by atoms with E-state index in [0.29, 0.717) is 18.4 Å². The van der Waals surface area contributed by atoms with Gasteiger partial charge >= 0.3 is 0 Å². The Balaban J connectivity index is 1.28. The maximum atomic E-state index is 12.9. The van der Waals surface area contributed by atoms with Crippen LogP contribution in [-0.2, 0) is 0 Å². The van der Waals surface area contributed by atoms with Gasteiger partial charge in [0.2, 0.25) is 0 Å². The fraction of sp³-hybridized carbons (Fsp3) is 0.500. The van der Waals surface area contributed by atoms with E-state index in [4.69, 9.17) is 4.74 Å². The van der Waals surface area contributed by atoms with Crippen molar-refractivity contribution in [1.29, 1.82) is 0 Å². The summed E-state index contributed by atoms with van der Waals surface area (Å²) in [5.74, 6) is 1.74. The highest BCUT2D eigenvalue weighted by molar-refractivity contribution is 5.22. The minimum Gasteiger partial charge on any atom is -0.490 e. The lowest BCUT2D eigenvalue weighted by molar-refractivity contribution is 0.116. The first-order valence-corrected chi connectivity index (χ1v) is 8.48. The molecular formula is C18H22FN3O2. The molecule has 6 heteroatoms. The Bertz CT molecular complexity index is 647. The van der Waals surface area contributed by atoms with Crippen molar-refractivity contribution >= 4 is 0 Å². The molecule has 128 valence electrons. The second-order valence-corrected chi connectivity index (χ2v) is 6.95. The van der Waals surface area contributed by atoms with Crippen LogP contribution in [0, 0.1) is 17.7 Å². The molecule has 2 heterocycles. The maximum Gasteiger partial charge on any atom is 0.123 e. The van der Waals surface area contributed by atoms with Gasteiger partial charge in [0, 0.05) is 31.4 Å². The number of aromatic amines is 1. The number of hydrogen-bond acceptors (Lipinski definition) is 4. The molecule has 1 saturated carbocycles. The minimum absolute atomic E-state index is 0.214. The molecule has 0 radical (unpaired) electrons. The highest BCUT2D eigenvalue weighted by Gasteiger charge is 2.42. The lowest BCUT2D eigenvalue weighted by Gasteiger charge is -2.22. The van der Waals surface area contributed by atoms with Gasteiger partial charge in [0.05, 0.1) is 18.4 Å². The van der Waals surface area contributed by atoms with E-state index in [1.165, 1.54) is 12.1 Å². The van der Waals surface area contributed by atoms with Gasteiger partial charge in [-0.25, -0.2) is 4.39 Å². The predicted molar refractivity (Wildman–Crippen MR) is 87.0 cm³/mol. The largest absolute Gasteiger partial charge is 0.490 e. The molecule has 1 aliphatic carbocycles. The van der Waals surface area contributed by atoms with Crippen molar-refractivity contribution in [1.82, 2.24) is 15.1 Å². The van der Waals surface area contributed by atoms with Crippen molar-refractivity contribution in [3.8, 4) is 5.75 Å². The third-order valence-corrected chi connectivity index (χ3v) is 5.24. The van der Waals surface area contributed by atoms with Crippen LogP contribution in [0.3, 0.4) is 0 Å². The van der Waals surface area contributed by atoms with E-state index in [9.17, 15) is 9.50 Å². The van der Waals surface area contributed by atoms with Gasteiger partial charge in [0.25, 0.3) is 0 Å². The molecule has 1 aromatic carbocycles. The van der Waals surface area contributed by atoms with Crippen LogP contribution in [0.1, 0.15) is 24.5 Å². The molecule has 2 unspecified atom stereocenters. The topological polar surface area (TPSA) is 61.4 Å². The molecule has 4 rings (SSSR count). The molecule has 1 saturated heterocycles. The maximum absolute atomic E-state index is 12.9. The van der Waals surface area contributed by atoms with Crippen molar-refractivity contribution in [2.75, 3.05) is 19.6 Å². The number of hydrogen-bond donors (Lipinski definition) is 2. The standard InChI is InChI=1S/C18H22FN3O2/c19-15-1-3-16(4-2-15)24-17-5-12-9-22(10-13(12)6-17)11-18(23)14-7-20-21-8-14/h1-4,7-8,12-13,17-18,23H,5-6,9-11H2,(H,20,21)/t12-,13+,17?,18?. The summed E-state index contributed by atoms with van der Waals surface area (Å²) in [6.45, 7) is 2.65. The number of nitrogens with one attached hydrogen (secondary N) is 1. The van der Waals surface area contributed by atoms with Gasteiger partial charge in [-0.05, 0) is 48.9 Å². The molecule has 2 N–H and O–H groups in total. The van der Waals surface area contributed by atoms with Crippen LogP contribution in [-0.4, -0.2) is 45.9 Å². The summed E-state index contributed by atoms with van der Waals surface area (Å²) in [6, 6.07) is 6.25. The number of aliphatic hydroxyl groups excluding tert-OH is 1. The van der Waals surface area contributed by atoms with Crippen molar-refractivity contribution < 1.29 is 14.2 Å². The molecule has 5 nitrogen and oxygen atoms in total. The second-order valence-electron chi connectivity index (χ2n) is 6.95. The lowest BCUT2D eigenvalue weighted by Crippen LogP contribution is -2.28. The Hall–Kier alpha value is -1.92. The molecule has 2 fully saturated rings. The summed E-state index contributed by atoms with van der Waals surface area (Å²) in [7, 11) is 0. The molecule has 2 aliphatic rings. The zero-order valence-electron chi connectivity index (χ0n) is 13.4. The Morgan fingerprint density at radius 3 is 2.58 bits per heavy atom. The van der Waals surface area contributed by atoms with E-state index >= 15 is 0 Å². The number of likely N-dealkylation sites (tertiary alicyclic amines) is 1. The number of ether oxygens (including phenoxy) is 1. The van der Waals surface area contributed by atoms with E-state index in [1.807, 2.05) is 0 Å². The van der Waals surface area contributed by atoms with E-state index in [2.05, 4.69) is 15.1 Å². The number of fused-ring (bicyclic) bond motifs is 1. The molecule has 24 heavy (non-hydrogen) atoms. The Morgan fingerprint density at radius 2 is 1.96 bits per heavy atom. The predicted octanol–water partition coefficient (Wildman–Crippen LogP) is 2.37. The van der Waals surface area contributed by atoms with Crippen LogP contribution in [0.2, 0.25) is 0 Å². The lowest BCUT2D eigenvalue weighted by atomic mass is 10.0. The molecule has 0 spiro atoms. The Morgan fingerprint density at radius 1 is 1.25 bits per heavy atom. The number of aliphatic hydroxyl groups is 1. The van der Waals surface area contributed by atoms with Crippen LogP contribution >= 0.6 is 0 Å². The number of benzene rings is 1. The molecule has 2 aromatic rings. The van der Waals surface area contributed by atoms with E-state index in [1.54, 1.807) is 24.5 Å². The van der Waals surface area contributed by atoms with Gasteiger partial charge in [0.1, 0.15) is 11.6 Å². The summed E-state index contributed by atoms with van der Waals surface area (Å²) < 4.78 is 18.9. The summed E-state index contributed by atoms with van der Waals surface area (Å²) >= 11 is 0. The third-order valence-electron chi connectivity index (χ3n) is 5.24. The smallest absolute Gasteiger partial charge is 0.123 e. The quantitative estimate of drug-likeness (QED) is 0.883. The van der Waals surface area contributed by atoms with Crippen LogP contribution < -0.4 is 4.74 Å². The fourth-order valence-electron chi connectivity index (χ4n) is 4.09. The molecular weight excluding hydrogens is 309 g/mol. The molecule has 1 aromatic heterocycles. The van der Waals surface area contributed by atoms with Crippen molar-refractivity contribution in [3.63, 3.8) is 0 Å². The number of H-pyrrole nitrogens is 1. The van der Waals surface area contributed by atoms with Gasteiger partial charge < -0.3 is 9.84 Å². The van der Waals surface area contributed by atoms with E-state index in [-0.39, 0.29) is 11.9 Å². The van der Waals surface area contributed by atoms with Gasteiger partial charge in [-0.15, -0.1) is 0 Å². The molecule has 1 aliphatic heterocycles. The SMILES string of the molecule is OC(CN1C[C@H]2CC(Oc3ccc(F)cc3)C[C@H]2C1)c1cn[nH]c1. The van der Waals surface area contributed by atoms with Crippen LogP contribution in [0.15, 0.2) is 36.7 Å². The van der Waals surface area contributed by atoms with E-state index < -0.39 is 6.10 Å². The van der Waals surface area contributed by atoms with Crippen LogP contribution in [0.4, 0.5) is 4.39 Å². The Labute approximate surface area is 140 Å². The average Bonchev–Trinajstić information content (AvgIpc) is 3.25. The van der Waals surface area contributed by atoms with E-state index in [0.717, 1.165) is 37.2 Å². The van der Waals surface area contributed by atoms with Gasteiger partial charge in [0.15, 0.2) is 0 Å². The minimum atomic E-state index is -0.492. The summed E-state index contributed by atoms with van der Waals surface area (Å²) in [5.41, 5.74) is 0.838. The highest BCUT2D eigenvalue weighted by Crippen LogP contribution is 2.40. The average molecular weight is 331 g/mol.